The normalized spacial score (nSPS) is 12.0. The first-order valence-corrected chi connectivity index (χ1v) is 11.0. The molecule has 32 heavy (non-hydrogen) atoms. The highest BCUT2D eigenvalue weighted by Gasteiger charge is 2.13. The Balaban J connectivity index is 1.61. The number of nitrogens with zero attached hydrogens (tertiary/aromatic N) is 2. The maximum atomic E-state index is 13.3. The second-order valence-electron chi connectivity index (χ2n) is 7.86. The maximum Gasteiger partial charge on any atom is 0.261 e. The van der Waals surface area contributed by atoms with Crippen LogP contribution in [0.1, 0.15) is 31.7 Å². The molecule has 5 nitrogen and oxygen atoms in total. The molecule has 5 heteroatoms. The minimum absolute atomic E-state index is 0.0721. The van der Waals surface area contributed by atoms with Crippen molar-refractivity contribution in [2.45, 2.75) is 32.7 Å². The molecule has 4 rings (SSSR count). The van der Waals surface area contributed by atoms with E-state index < -0.39 is 0 Å². The molecule has 164 valence electrons. The van der Waals surface area contributed by atoms with E-state index in [1.807, 2.05) is 60.7 Å². The number of aromatic nitrogens is 2. The number of rotatable bonds is 8. The van der Waals surface area contributed by atoms with E-state index in [0.29, 0.717) is 35.8 Å². The van der Waals surface area contributed by atoms with Gasteiger partial charge in [0.1, 0.15) is 23.9 Å². The van der Waals surface area contributed by atoms with Crippen LogP contribution >= 0.6 is 0 Å². The van der Waals surface area contributed by atoms with Crippen LogP contribution < -0.4 is 15.0 Å². The maximum absolute atomic E-state index is 13.3. The number of hydrogen-bond acceptors (Lipinski definition) is 4. The Morgan fingerprint density at radius 3 is 2.31 bits per heavy atom. The molecule has 0 radical (unpaired) electrons. The molecule has 3 aromatic carbocycles. The predicted molar refractivity (Wildman–Crippen MR) is 129 cm³/mol. The molecular formula is C27H28N2O3. The van der Waals surface area contributed by atoms with E-state index in [4.69, 9.17) is 14.5 Å². The smallest absolute Gasteiger partial charge is 0.261 e. The summed E-state index contributed by atoms with van der Waals surface area (Å²) in [6, 6.07) is 23.2. The van der Waals surface area contributed by atoms with Crippen LogP contribution in [0.15, 0.2) is 77.6 Å². The fourth-order valence-electron chi connectivity index (χ4n) is 3.72. The van der Waals surface area contributed by atoms with E-state index in [1.54, 1.807) is 11.7 Å². The third kappa shape index (κ3) is 4.52. The van der Waals surface area contributed by atoms with E-state index in [9.17, 15) is 4.79 Å². The summed E-state index contributed by atoms with van der Waals surface area (Å²) in [5.41, 5.74) is 2.77. The first kappa shape index (κ1) is 21.6. The zero-order valence-corrected chi connectivity index (χ0v) is 18.7. The van der Waals surface area contributed by atoms with Crippen LogP contribution in [0.2, 0.25) is 0 Å². The van der Waals surface area contributed by atoms with Crippen LogP contribution in [0.4, 0.5) is 0 Å². The molecular weight excluding hydrogens is 400 g/mol. The zero-order valence-electron chi connectivity index (χ0n) is 18.7. The number of ether oxygens (including phenoxy) is 2. The molecule has 0 fully saturated rings. The molecule has 1 atom stereocenters. The number of methoxy groups -OCH3 is 1. The molecule has 4 aromatic rings. The largest absolute Gasteiger partial charge is 0.497 e. The summed E-state index contributed by atoms with van der Waals surface area (Å²) in [6.07, 6.45) is 1.10. The van der Waals surface area contributed by atoms with Crippen molar-refractivity contribution in [3.05, 3.63) is 88.7 Å². The van der Waals surface area contributed by atoms with E-state index in [1.165, 1.54) is 5.56 Å². The fourth-order valence-corrected chi connectivity index (χ4v) is 3.72. The Labute approximate surface area is 188 Å². The second-order valence-corrected chi connectivity index (χ2v) is 7.86. The number of fused-ring (bicyclic) bond motifs is 1. The van der Waals surface area contributed by atoms with Gasteiger partial charge in [-0.1, -0.05) is 38.1 Å². The topological polar surface area (TPSA) is 53.4 Å². The first-order chi connectivity index (χ1) is 15.6. The molecule has 0 aliphatic carbocycles. The van der Waals surface area contributed by atoms with Crippen LogP contribution in [-0.4, -0.2) is 23.3 Å². The van der Waals surface area contributed by atoms with Crippen LogP contribution in [-0.2, 0) is 6.54 Å². The van der Waals surface area contributed by atoms with Gasteiger partial charge < -0.3 is 9.47 Å². The van der Waals surface area contributed by atoms with Gasteiger partial charge in [-0.3, -0.25) is 9.36 Å². The molecule has 0 amide bonds. The minimum Gasteiger partial charge on any atom is -0.497 e. The molecule has 1 aromatic heterocycles. The lowest BCUT2D eigenvalue weighted by atomic mass is 9.99. The summed E-state index contributed by atoms with van der Waals surface area (Å²) in [6.45, 7) is 5.16. The average molecular weight is 429 g/mol. The number of para-hydroxylation sites is 1. The molecule has 0 aliphatic rings. The minimum atomic E-state index is -0.0721. The SMILES string of the molecule is CC[C@@H](C)c1ccc(OCCn2c(-c3ccc(OC)cc3)nc3ccccc3c2=O)cc1. The summed E-state index contributed by atoms with van der Waals surface area (Å²) >= 11 is 0. The van der Waals surface area contributed by atoms with E-state index >= 15 is 0 Å². The third-order valence-electron chi connectivity index (χ3n) is 5.85. The van der Waals surface area contributed by atoms with Crippen LogP contribution in [0.3, 0.4) is 0 Å². The molecule has 1 heterocycles. The first-order valence-electron chi connectivity index (χ1n) is 11.0. The molecule has 0 aliphatic heterocycles. The van der Waals surface area contributed by atoms with Gasteiger partial charge >= 0.3 is 0 Å². The summed E-state index contributed by atoms with van der Waals surface area (Å²) in [4.78, 5) is 18.1. The molecule has 0 N–H and O–H groups in total. The van der Waals surface area contributed by atoms with Crippen molar-refractivity contribution in [3.63, 3.8) is 0 Å². The standard InChI is InChI=1S/C27H28N2O3/c1-4-19(2)20-9-15-23(16-10-20)32-18-17-29-26(21-11-13-22(31-3)14-12-21)28-25-8-6-5-7-24(25)27(29)30/h5-16,19H,4,17-18H2,1-3H3/t19-/m1/s1. The van der Waals surface area contributed by atoms with E-state index in [-0.39, 0.29) is 5.56 Å². The van der Waals surface area contributed by atoms with Crippen LogP contribution in [0.25, 0.3) is 22.3 Å². The molecule has 0 saturated heterocycles. The van der Waals surface area contributed by atoms with Crippen molar-refractivity contribution >= 4 is 10.9 Å². The monoisotopic (exact) mass is 428 g/mol. The van der Waals surface area contributed by atoms with E-state index in [2.05, 4.69) is 26.0 Å². The highest BCUT2D eigenvalue weighted by Crippen LogP contribution is 2.23. The summed E-state index contributed by atoms with van der Waals surface area (Å²) in [5, 5.41) is 0.600. The lowest BCUT2D eigenvalue weighted by molar-refractivity contribution is 0.297. The average Bonchev–Trinajstić information content (AvgIpc) is 2.85. The van der Waals surface area contributed by atoms with Crippen molar-refractivity contribution in [1.29, 1.82) is 0 Å². The van der Waals surface area contributed by atoms with E-state index in [0.717, 1.165) is 23.5 Å². The van der Waals surface area contributed by atoms with Gasteiger partial charge in [0.15, 0.2) is 0 Å². The lowest BCUT2D eigenvalue weighted by Gasteiger charge is -2.15. The third-order valence-corrected chi connectivity index (χ3v) is 5.85. The van der Waals surface area contributed by atoms with Crippen molar-refractivity contribution in [2.75, 3.05) is 13.7 Å². The van der Waals surface area contributed by atoms with Gasteiger partial charge in [0, 0.05) is 5.56 Å². The van der Waals surface area contributed by atoms with Crippen molar-refractivity contribution < 1.29 is 9.47 Å². The van der Waals surface area contributed by atoms with Crippen molar-refractivity contribution in [2.24, 2.45) is 0 Å². The number of benzene rings is 3. The molecule has 0 spiro atoms. The lowest BCUT2D eigenvalue weighted by Crippen LogP contribution is -2.26. The molecule has 0 saturated carbocycles. The Morgan fingerprint density at radius 1 is 0.938 bits per heavy atom. The Bertz CT molecular complexity index is 1240. The predicted octanol–water partition coefficient (Wildman–Crippen LogP) is 5.66. The summed E-state index contributed by atoms with van der Waals surface area (Å²) < 4.78 is 12.9. The van der Waals surface area contributed by atoms with Crippen LogP contribution in [0.5, 0.6) is 11.5 Å². The summed E-state index contributed by atoms with van der Waals surface area (Å²) in [5.74, 6) is 2.70. The van der Waals surface area contributed by atoms with Gasteiger partial charge in [-0.05, 0) is 66.4 Å². The Morgan fingerprint density at radius 2 is 1.62 bits per heavy atom. The Hall–Kier alpha value is -3.60. The molecule has 0 unspecified atom stereocenters. The van der Waals surface area contributed by atoms with Gasteiger partial charge in [-0.25, -0.2) is 4.98 Å². The Kier molecular flexibility index (Phi) is 6.55. The van der Waals surface area contributed by atoms with Crippen molar-refractivity contribution in [3.8, 4) is 22.9 Å². The quantitative estimate of drug-likeness (QED) is 0.363. The highest BCUT2D eigenvalue weighted by atomic mass is 16.5. The van der Waals surface area contributed by atoms with Crippen LogP contribution in [0, 0.1) is 0 Å². The second kappa shape index (κ2) is 9.69. The van der Waals surface area contributed by atoms with Gasteiger partial charge in [0.25, 0.3) is 5.56 Å². The molecule has 0 bridgehead atoms. The van der Waals surface area contributed by atoms with Gasteiger partial charge in [-0.15, -0.1) is 0 Å². The van der Waals surface area contributed by atoms with Gasteiger partial charge in [0.2, 0.25) is 0 Å². The van der Waals surface area contributed by atoms with Gasteiger partial charge in [0.05, 0.1) is 24.6 Å². The summed E-state index contributed by atoms with van der Waals surface area (Å²) in [7, 11) is 1.63. The van der Waals surface area contributed by atoms with Gasteiger partial charge in [-0.2, -0.15) is 0 Å². The zero-order chi connectivity index (χ0) is 22.5. The number of hydrogen-bond donors (Lipinski definition) is 0. The van der Waals surface area contributed by atoms with Crippen molar-refractivity contribution in [1.82, 2.24) is 9.55 Å². The fraction of sp³-hybridized carbons (Fsp3) is 0.259. The highest BCUT2D eigenvalue weighted by molar-refractivity contribution is 5.79.